The van der Waals surface area contributed by atoms with Crippen molar-refractivity contribution in [2.24, 2.45) is 5.73 Å². The van der Waals surface area contributed by atoms with E-state index in [0.29, 0.717) is 19.3 Å². The molecule has 5 nitrogen and oxygen atoms in total. The summed E-state index contributed by atoms with van der Waals surface area (Å²) in [4.78, 5) is 24.3. The fourth-order valence-corrected chi connectivity index (χ4v) is 3.55. The minimum absolute atomic E-state index is 0.0663. The van der Waals surface area contributed by atoms with Gasteiger partial charge in [-0.3, -0.25) is 9.59 Å². The van der Waals surface area contributed by atoms with E-state index in [1.807, 2.05) is 6.08 Å². The highest BCUT2D eigenvalue weighted by Gasteiger charge is 2.14. The molecule has 0 bridgehead atoms. The number of carbonyl (C=O) groups excluding carboxylic acids is 2. The first kappa shape index (κ1) is 35.5. The fraction of sp³-hybridized carbons (Fsp3) is 0.576. The summed E-state index contributed by atoms with van der Waals surface area (Å²) in [7, 11) is 0. The number of allylic oxidation sites excluding steroid dienone is 12. The Hall–Kier alpha value is -2.50. The summed E-state index contributed by atoms with van der Waals surface area (Å²) in [6.07, 6.45) is 37.6. The molecule has 5 heteroatoms. The monoisotopic (exact) mass is 525 g/mol. The molecule has 0 saturated carbocycles. The zero-order chi connectivity index (χ0) is 27.9. The molecule has 0 aromatic rings. The van der Waals surface area contributed by atoms with Crippen LogP contribution in [-0.2, 0) is 9.59 Å². The molecule has 1 atom stereocenters. The van der Waals surface area contributed by atoms with Gasteiger partial charge in [0.25, 0.3) is 0 Å². The van der Waals surface area contributed by atoms with Crippen LogP contribution in [0.5, 0.6) is 0 Å². The highest BCUT2D eigenvalue weighted by molar-refractivity contribution is 5.88. The van der Waals surface area contributed by atoms with Crippen molar-refractivity contribution in [3.63, 3.8) is 0 Å². The minimum atomic E-state index is -0.419. The smallest absolute Gasteiger partial charge is 0.220 e. The highest BCUT2D eigenvalue weighted by atomic mass is 16.2. The molecule has 0 radical (unpaired) electrons. The summed E-state index contributed by atoms with van der Waals surface area (Å²) in [5.74, 6) is 0.0284. The summed E-state index contributed by atoms with van der Waals surface area (Å²) in [6.45, 7) is 6.47. The Balaban J connectivity index is 3.72. The lowest BCUT2D eigenvalue weighted by molar-refractivity contribution is -0.127. The second-order valence-corrected chi connectivity index (χ2v) is 9.41. The molecule has 0 aliphatic carbocycles. The molecule has 0 heterocycles. The standard InChI is InChI=1S/C33H55N3O2/c1-3-4-5-6-7-8-9-10-11-12-13-14-15-16-17-18-19-20-22-27-33(38)36-31(2)32(37)26-25-30-35-29-24-21-23-28-34/h4-5,7-8,10-11,13-14,16-17,19-20,31,35H,3,6,9,12,15,18,21-30,34H2,1-2H3,(H,36,38)/b5-4-,8-7-,11-10-,14-13-,17-16-,20-19-/t31-/m0/s1. The number of hydrogen-bond donors (Lipinski definition) is 3. The van der Waals surface area contributed by atoms with Gasteiger partial charge < -0.3 is 16.4 Å². The Morgan fingerprint density at radius 3 is 1.68 bits per heavy atom. The number of nitrogens with two attached hydrogens (primary N) is 1. The van der Waals surface area contributed by atoms with Crippen LogP contribution < -0.4 is 16.4 Å². The van der Waals surface area contributed by atoms with Crippen LogP contribution in [0.4, 0.5) is 0 Å². The quantitative estimate of drug-likeness (QED) is 0.0882. The number of hydrogen-bond acceptors (Lipinski definition) is 4. The van der Waals surface area contributed by atoms with Gasteiger partial charge in [-0.05, 0) is 90.8 Å². The van der Waals surface area contributed by atoms with Crippen LogP contribution in [0.3, 0.4) is 0 Å². The van der Waals surface area contributed by atoms with E-state index >= 15 is 0 Å². The largest absolute Gasteiger partial charge is 0.347 e. The summed E-state index contributed by atoms with van der Waals surface area (Å²) in [5, 5.41) is 6.18. The van der Waals surface area contributed by atoms with Crippen molar-refractivity contribution in [3.8, 4) is 0 Å². The maximum Gasteiger partial charge on any atom is 0.220 e. The Morgan fingerprint density at radius 1 is 0.658 bits per heavy atom. The molecule has 0 aromatic carbocycles. The highest BCUT2D eigenvalue weighted by Crippen LogP contribution is 2.00. The number of ketones is 1. The molecule has 0 saturated heterocycles. The van der Waals surface area contributed by atoms with Gasteiger partial charge in [0.2, 0.25) is 5.91 Å². The summed E-state index contributed by atoms with van der Waals surface area (Å²) < 4.78 is 0. The lowest BCUT2D eigenvalue weighted by Crippen LogP contribution is -2.38. The number of Topliss-reactive ketones (excluding diaryl/α,β-unsaturated/α-hetero) is 1. The molecule has 0 spiro atoms. The van der Waals surface area contributed by atoms with Crippen LogP contribution in [0.25, 0.3) is 0 Å². The van der Waals surface area contributed by atoms with E-state index in [4.69, 9.17) is 5.73 Å². The molecule has 0 fully saturated rings. The third kappa shape index (κ3) is 26.6. The van der Waals surface area contributed by atoms with Gasteiger partial charge in [-0.1, -0.05) is 86.3 Å². The molecular formula is C33H55N3O2. The molecule has 0 unspecified atom stereocenters. The molecule has 0 aliphatic heterocycles. The van der Waals surface area contributed by atoms with E-state index in [-0.39, 0.29) is 11.7 Å². The maximum atomic E-state index is 12.2. The average Bonchev–Trinajstić information content (AvgIpc) is 2.91. The molecular weight excluding hydrogens is 470 g/mol. The van der Waals surface area contributed by atoms with Crippen molar-refractivity contribution in [2.45, 2.75) is 103 Å². The van der Waals surface area contributed by atoms with Crippen molar-refractivity contribution in [2.75, 3.05) is 19.6 Å². The Kier molecular flexibility index (Phi) is 27.1. The summed E-state index contributed by atoms with van der Waals surface area (Å²) in [5.41, 5.74) is 5.48. The van der Waals surface area contributed by atoms with E-state index in [2.05, 4.69) is 84.4 Å². The summed E-state index contributed by atoms with van der Waals surface area (Å²) in [6, 6.07) is -0.419. The molecule has 0 rings (SSSR count). The lowest BCUT2D eigenvalue weighted by atomic mass is 10.1. The van der Waals surface area contributed by atoms with Crippen molar-refractivity contribution in [1.82, 2.24) is 10.6 Å². The topological polar surface area (TPSA) is 84.2 Å². The van der Waals surface area contributed by atoms with Crippen LogP contribution in [0.1, 0.15) is 97.3 Å². The molecule has 4 N–H and O–H groups in total. The first-order chi connectivity index (χ1) is 18.6. The zero-order valence-electron chi connectivity index (χ0n) is 24.2. The predicted octanol–water partition coefficient (Wildman–Crippen LogP) is 7.04. The second kappa shape index (κ2) is 29.1. The number of rotatable bonds is 25. The van der Waals surface area contributed by atoms with Crippen LogP contribution >= 0.6 is 0 Å². The van der Waals surface area contributed by atoms with Gasteiger partial charge in [0, 0.05) is 12.8 Å². The van der Waals surface area contributed by atoms with E-state index in [1.165, 1.54) is 0 Å². The number of carbonyl (C=O) groups is 2. The molecule has 0 aromatic heterocycles. The van der Waals surface area contributed by atoms with Gasteiger partial charge in [-0.25, -0.2) is 0 Å². The van der Waals surface area contributed by atoms with E-state index < -0.39 is 6.04 Å². The van der Waals surface area contributed by atoms with E-state index in [1.54, 1.807) is 6.92 Å². The predicted molar refractivity (Wildman–Crippen MR) is 165 cm³/mol. The molecule has 214 valence electrons. The summed E-state index contributed by atoms with van der Waals surface area (Å²) >= 11 is 0. The first-order valence-electron chi connectivity index (χ1n) is 14.7. The van der Waals surface area contributed by atoms with Crippen LogP contribution in [0, 0.1) is 0 Å². The number of unbranched alkanes of at least 4 members (excludes halogenated alkanes) is 2. The average molecular weight is 526 g/mol. The number of amides is 1. The maximum absolute atomic E-state index is 12.2. The van der Waals surface area contributed by atoms with Crippen LogP contribution in [-0.4, -0.2) is 37.4 Å². The van der Waals surface area contributed by atoms with Crippen molar-refractivity contribution < 1.29 is 9.59 Å². The molecule has 38 heavy (non-hydrogen) atoms. The van der Waals surface area contributed by atoms with Crippen molar-refractivity contribution >= 4 is 11.7 Å². The van der Waals surface area contributed by atoms with Crippen molar-refractivity contribution in [1.29, 1.82) is 0 Å². The van der Waals surface area contributed by atoms with Crippen LogP contribution in [0.15, 0.2) is 72.9 Å². The normalized spacial score (nSPS) is 13.3. The Labute approximate surface area is 233 Å². The Morgan fingerprint density at radius 2 is 1.16 bits per heavy atom. The van der Waals surface area contributed by atoms with Gasteiger partial charge in [0.1, 0.15) is 0 Å². The minimum Gasteiger partial charge on any atom is -0.347 e. The zero-order valence-corrected chi connectivity index (χ0v) is 24.2. The number of nitrogens with one attached hydrogen (secondary N) is 2. The van der Waals surface area contributed by atoms with E-state index in [9.17, 15) is 9.59 Å². The van der Waals surface area contributed by atoms with Gasteiger partial charge >= 0.3 is 0 Å². The van der Waals surface area contributed by atoms with Crippen molar-refractivity contribution in [3.05, 3.63) is 72.9 Å². The van der Waals surface area contributed by atoms with E-state index in [0.717, 1.165) is 83.8 Å². The van der Waals surface area contributed by atoms with Gasteiger partial charge in [-0.15, -0.1) is 0 Å². The Bertz CT molecular complexity index is 747. The lowest BCUT2D eigenvalue weighted by Gasteiger charge is -2.12. The first-order valence-corrected chi connectivity index (χ1v) is 14.7. The third-order valence-corrected chi connectivity index (χ3v) is 5.83. The van der Waals surface area contributed by atoms with Crippen LogP contribution in [0.2, 0.25) is 0 Å². The molecule has 0 aliphatic rings. The third-order valence-electron chi connectivity index (χ3n) is 5.83. The van der Waals surface area contributed by atoms with Gasteiger partial charge in [0.15, 0.2) is 5.78 Å². The molecule has 1 amide bonds. The SMILES string of the molecule is CC/C=C\C/C=C\C/C=C\C/C=C\C/C=C\C/C=C\CCC(=O)N[C@@H](C)C(=O)CCCNCCCCCN. The fourth-order valence-electron chi connectivity index (χ4n) is 3.55. The van der Waals surface area contributed by atoms with Gasteiger partial charge in [-0.2, -0.15) is 0 Å². The second-order valence-electron chi connectivity index (χ2n) is 9.41. The van der Waals surface area contributed by atoms with Gasteiger partial charge in [0.05, 0.1) is 6.04 Å².